The molecule has 0 saturated heterocycles. The van der Waals surface area contributed by atoms with Gasteiger partial charge in [0.1, 0.15) is 34.6 Å². The largest absolute Gasteiger partial charge is 0.744 e. The first-order valence-corrected chi connectivity index (χ1v) is 59.4. The van der Waals surface area contributed by atoms with Crippen LogP contribution >= 0.6 is 12.0 Å². The van der Waals surface area contributed by atoms with Crippen LogP contribution < -0.4 is 20.1 Å². The highest BCUT2D eigenvalue weighted by Gasteiger charge is 2.25. The lowest BCUT2D eigenvalue weighted by Crippen LogP contribution is -2.32. The molecule has 133 heavy (non-hydrogen) atoms. The van der Waals surface area contributed by atoms with E-state index in [4.69, 9.17) is 4.42 Å². The Morgan fingerprint density at radius 2 is 0.684 bits per heavy atom. The molecule has 1 aliphatic carbocycles. The zero-order valence-corrected chi connectivity index (χ0v) is 88.5. The Labute approximate surface area is 822 Å². The number of aromatic carboxylic acids is 1. The summed E-state index contributed by atoms with van der Waals surface area (Å²) in [5, 5.41) is 28.4. The van der Waals surface area contributed by atoms with Crippen LogP contribution in [0.4, 0.5) is 5.69 Å². The van der Waals surface area contributed by atoms with Crippen molar-refractivity contribution in [2.24, 2.45) is 0 Å². The Morgan fingerprint density at radius 3 is 1.04 bits per heavy atom. The monoisotopic (exact) mass is 1880 g/mol. The molecular weight excluding hydrogens is 1680 g/mol. The first kappa shape index (κ1) is 119. The average Bonchev–Trinajstić information content (AvgIpc) is 0.747. The van der Waals surface area contributed by atoms with Crippen molar-refractivity contribution in [2.75, 3.05) is 31.1 Å². The molecule has 2 aliphatic rings. The minimum absolute atomic E-state index is 0.155. The molecule has 11 nitrogen and oxygen atoms in total. The van der Waals surface area contributed by atoms with E-state index in [0.29, 0.717) is 27.8 Å². The zero-order chi connectivity index (χ0) is 95.0. The molecular formula is C120H201N2O9S2-. The van der Waals surface area contributed by atoms with Gasteiger partial charge in [-0.2, -0.15) is 4.33 Å². The summed E-state index contributed by atoms with van der Waals surface area (Å²) < 4.78 is 50.6. The molecule has 758 valence electrons. The first-order chi connectivity index (χ1) is 65.4. The van der Waals surface area contributed by atoms with Crippen LogP contribution in [0, 0.1) is 0 Å². The van der Waals surface area contributed by atoms with Crippen molar-refractivity contribution >= 4 is 55.6 Å². The van der Waals surface area contributed by atoms with Crippen LogP contribution in [0.2, 0.25) is 0 Å². The van der Waals surface area contributed by atoms with Gasteiger partial charge in [0, 0.05) is 65.2 Å². The smallest absolute Gasteiger partial charge is 0.336 e. The molecule has 0 spiro atoms. The number of hydrogen-bond donors (Lipinski definition) is 1. The summed E-state index contributed by atoms with van der Waals surface area (Å²) >= 11 is 0.817. The van der Waals surface area contributed by atoms with Gasteiger partial charge in [0.25, 0.3) is 0 Å². The fraction of sp³-hybridized carbons (Fsp3) is 0.750. The Bertz CT molecular complexity index is 3850. The van der Waals surface area contributed by atoms with E-state index in [0.717, 1.165) is 121 Å². The summed E-state index contributed by atoms with van der Waals surface area (Å²) in [5.41, 5.74) is 6.76. The summed E-state index contributed by atoms with van der Waals surface area (Å²) in [5.74, 6) is -0.0399. The molecule has 0 fully saturated rings. The van der Waals surface area contributed by atoms with Crippen molar-refractivity contribution in [1.29, 1.82) is 0 Å². The maximum Gasteiger partial charge on any atom is 0.336 e. The molecule has 13 heteroatoms. The fourth-order valence-electron chi connectivity index (χ4n) is 20.3. The number of carboxylic acid groups (broad SMARTS) is 1. The van der Waals surface area contributed by atoms with Gasteiger partial charge in [0.05, 0.1) is 28.6 Å². The van der Waals surface area contributed by atoms with Crippen LogP contribution in [0.15, 0.2) is 99.1 Å². The molecule has 6 rings (SSSR count). The third-order valence-corrected chi connectivity index (χ3v) is 30.3. The molecule has 0 aromatic heterocycles. The van der Waals surface area contributed by atoms with Crippen molar-refractivity contribution in [1.82, 2.24) is 4.58 Å². The minimum atomic E-state index is -4.61. The van der Waals surface area contributed by atoms with Gasteiger partial charge in [0.2, 0.25) is 5.36 Å². The van der Waals surface area contributed by atoms with Gasteiger partial charge in [-0.25, -0.2) is 17.8 Å². The maximum absolute atomic E-state index is 13.1. The van der Waals surface area contributed by atoms with Crippen LogP contribution in [0.3, 0.4) is 0 Å². The van der Waals surface area contributed by atoms with E-state index in [1.807, 2.05) is 30.3 Å². The highest BCUT2D eigenvalue weighted by Crippen LogP contribution is 2.43. The molecule has 0 atom stereocenters. The second kappa shape index (κ2) is 82.0. The number of nitrogens with zero attached hydrogens (tertiary/aromatic N) is 2. The van der Waals surface area contributed by atoms with Crippen LogP contribution in [0.5, 0.6) is 0 Å². The van der Waals surface area contributed by atoms with Crippen LogP contribution in [0.25, 0.3) is 44.2 Å². The number of carbonyl (C=O) groups is 1. The van der Waals surface area contributed by atoms with E-state index >= 15 is 0 Å². The molecule has 1 N–H and O–H groups in total. The molecule has 0 amide bonds. The molecule has 0 radical (unpaired) electrons. The van der Waals surface area contributed by atoms with Crippen molar-refractivity contribution in [3.63, 3.8) is 0 Å². The van der Waals surface area contributed by atoms with Gasteiger partial charge in [-0.15, -0.1) is 0 Å². The zero-order valence-electron chi connectivity index (χ0n) is 86.9. The number of anilines is 1. The number of benzene rings is 5. The number of fused-ring (bicyclic) bond motifs is 3. The maximum atomic E-state index is 13.1. The SMILES string of the molecule is CCCCCCCCCCCCCCCCCCN(CCCCCCCCCCCCCCCCCC)c1ccc2c(-c3ccccc3C(=O)O)c3ccc(=[N+](CCCCCCCCCCCCCCCCCC)CCCCCCCCCCCCCCCCCC)cc-3oc2c1.CCCCCCCCCc1cc2cc(CCCCCCCCC)c(S(=O)(=O)[O-])cc2cc1SOO[O-]. The molecule has 0 bridgehead atoms. The quantitative estimate of drug-likeness (QED) is 0.00738. The van der Waals surface area contributed by atoms with Crippen LogP contribution in [0.1, 0.15) is 564 Å². The number of rotatable bonds is 91. The minimum Gasteiger partial charge on any atom is -0.744 e. The summed E-state index contributed by atoms with van der Waals surface area (Å²) in [4.78, 5) is 16.3. The molecule has 0 unspecified atom stereocenters. The molecule has 1 heterocycles. The van der Waals surface area contributed by atoms with Crippen molar-refractivity contribution < 1.29 is 41.9 Å². The highest BCUT2D eigenvalue weighted by molar-refractivity contribution is 7.94. The van der Waals surface area contributed by atoms with Crippen molar-refractivity contribution in [2.45, 2.75) is 565 Å². The lowest BCUT2D eigenvalue weighted by Gasteiger charge is -2.26. The predicted octanol–water partition coefficient (Wildman–Crippen LogP) is 38.1. The summed E-state index contributed by atoms with van der Waals surface area (Å²) in [6, 6.07) is 28.6. The van der Waals surface area contributed by atoms with Gasteiger partial charge < -0.3 is 24.2 Å². The van der Waals surface area contributed by atoms with E-state index in [2.05, 4.69) is 96.8 Å². The molecule has 1 aliphatic heterocycles. The number of hydrogen-bond acceptors (Lipinski definition) is 10. The topological polar surface area (TPSA) is 155 Å². The summed E-state index contributed by atoms with van der Waals surface area (Å²) in [7, 11) is -4.61. The van der Waals surface area contributed by atoms with Gasteiger partial charge in [-0.1, -0.05) is 509 Å². The van der Waals surface area contributed by atoms with Gasteiger partial charge in [-0.3, -0.25) is 5.04 Å². The fourth-order valence-corrected chi connectivity index (χ4v) is 21.6. The van der Waals surface area contributed by atoms with Crippen LogP contribution in [-0.2, 0) is 32.3 Å². The van der Waals surface area contributed by atoms with E-state index in [9.17, 15) is 28.1 Å². The third kappa shape index (κ3) is 56.3. The second-order valence-electron chi connectivity index (χ2n) is 40.6. The van der Waals surface area contributed by atoms with Crippen molar-refractivity contribution in [3.05, 3.63) is 107 Å². The lowest BCUT2D eigenvalue weighted by atomic mass is 9.90. The Kier molecular flexibility index (Phi) is 73.2. The standard InChI is InChI=1S/C92H158N2O3.C28H44O6S2/c1-5-9-13-17-21-25-29-33-37-41-45-49-53-57-61-67-77-93(78-68-62-58-54-50-46-42-38-34-30-26-22-18-14-10-6-2)83-73-75-87-89(81-83)97-90-82-84(74-76-88(90)91(87)85-71-65-66-72-86(85)92(95)96)94(79-69-63-59-55-51-47-43-39-35-31-27-23-19-15-11-7-3)80-70-64-60-56-52-48-44-40-36-32-28-24-20-16-12-8-4;1-3-5-7-9-11-13-15-17-23-19-25-20-24(18-16-14-12-10-8-6-4-2)28(36(30,31)32)22-26(25)21-27(23)35-34-33-29/h65-66,71-76,81-82H,5-64,67-70,77-80H2,1-4H3;19-22,29H,3-18H2,1-2H3,(H,30,31,32)/p-1. The number of carboxylic acids is 1. The molecule has 4 aromatic rings. The van der Waals surface area contributed by atoms with E-state index in [1.54, 1.807) is 12.1 Å². The summed E-state index contributed by atoms with van der Waals surface area (Å²) in [6.07, 6.45) is 106. The normalized spacial score (nSPS) is 11.8. The van der Waals surface area contributed by atoms with Gasteiger partial charge in [-0.05, 0) is 127 Å². The summed E-state index contributed by atoms with van der Waals surface area (Å²) in [6.45, 7) is 17.9. The Balaban J connectivity index is 0.000000721. The van der Waals surface area contributed by atoms with Crippen molar-refractivity contribution in [3.8, 4) is 22.5 Å². The Morgan fingerprint density at radius 1 is 0.361 bits per heavy atom. The predicted molar refractivity (Wildman–Crippen MR) is 574 cm³/mol. The molecule has 0 saturated carbocycles. The third-order valence-electron chi connectivity index (χ3n) is 28.7. The van der Waals surface area contributed by atoms with E-state index in [1.165, 1.54) is 486 Å². The number of aryl methyl sites for hydroxylation is 2. The van der Waals surface area contributed by atoms with Crippen LogP contribution in [-0.4, -0.2) is 50.2 Å². The van der Waals surface area contributed by atoms with Gasteiger partial charge in [0.15, 0.2) is 0 Å². The lowest BCUT2D eigenvalue weighted by molar-refractivity contribution is -0.777. The second-order valence-corrected chi connectivity index (χ2v) is 42.6. The molecule has 4 aromatic carbocycles. The Hall–Kier alpha value is -4.76. The highest BCUT2D eigenvalue weighted by atomic mass is 32.2. The number of unbranched alkanes of at least 4 members (excludes halogenated alkanes) is 72. The average molecular weight is 1880 g/mol. The first-order valence-electron chi connectivity index (χ1n) is 57.3. The van der Waals surface area contributed by atoms with E-state index in [-0.39, 0.29) is 4.90 Å². The van der Waals surface area contributed by atoms with E-state index < -0.39 is 16.1 Å². The van der Waals surface area contributed by atoms with Gasteiger partial charge >= 0.3 is 5.97 Å².